The second kappa shape index (κ2) is 6.88. The summed E-state index contributed by atoms with van der Waals surface area (Å²) in [5, 5.41) is 11.2. The van der Waals surface area contributed by atoms with E-state index in [1.165, 1.54) is 18.2 Å². The van der Waals surface area contributed by atoms with E-state index in [0.29, 0.717) is 0 Å². The van der Waals surface area contributed by atoms with Crippen molar-refractivity contribution in [2.24, 2.45) is 5.73 Å². The van der Waals surface area contributed by atoms with Crippen molar-refractivity contribution < 1.29 is 23.1 Å². The number of amides is 1. The minimum absolute atomic E-state index is 0.00833. The fourth-order valence-electron chi connectivity index (χ4n) is 1.47. The molecule has 0 saturated carbocycles. The SMILES string of the molecule is CS(=O)(=O)CCC(N)C(=O)Nc1ccc(C(=O)O)c(Cl)c1. The summed E-state index contributed by atoms with van der Waals surface area (Å²) in [4.78, 5) is 22.6. The quantitative estimate of drug-likeness (QED) is 0.704. The number of nitrogens with two attached hydrogens (primary N) is 1. The molecule has 1 rings (SSSR count). The summed E-state index contributed by atoms with van der Waals surface area (Å²) < 4.78 is 22.0. The van der Waals surface area contributed by atoms with Crippen molar-refractivity contribution in [1.29, 1.82) is 0 Å². The number of hydrogen-bond acceptors (Lipinski definition) is 5. The monoisotopic (exact) mass is 334 g/mol. The Hall–Kier alpha value is -1.64. The normalized spacial score (nSPS) is 12.7. The molecule has 9 heteroatoms. The maximum Gasteiger partial charge on any atom is 0.337 e. The van der Waals surface area contributed by atoms with E-state index in [1.807, 2.05) is 0 Å². The van der Waals surface area contributed by atoms with E-state index in [2.05, 4.69) is 5.32 Å². The molecule has 0 radical (unpaired) electrons. The van der Waals surface area contributed by atoms with E-state index in [1.54, 1.807) is 0 Å². The zero-order valence-corrected chi connectivity index (χ0v) is 12.7. The first-order chi connectivity index (χ1) is 9.60. The van der Waals surface area contributed by atoms with E-state index in [0.717, 1.165) is 6.26 Å². The molecule has 0 spiro atoms. The lowest BCUT2D eigenvalue weighted by Gasteiger charge is -2.12. The van der Waals surface area contributed by atoms with E-state index < -0.39 is 27.8 Å². The van der Waals surface area contributed by atoms with Gasteiger partial charge in [-0.1, -0.05) is 11.6 Å². The van der Waals surface area contributed by atoms with Gasteiger partial charge in [0, 0.05) is 11.9 Å². The lowest BCUT2D eigenvalue weighted by molar-refractivity contribution is -0.117. The molecule has 1 aromatic rings. The molecule has 7 nitrogen and oxygen atoms in total. The lowest BCUT2D eigenvalue weighted by atomic mass is 10.2. The Bertz CT molecular complexity index is 660. The Labute approximate surface area is 127 Å². The van der Waals surface area contributed by atoms with Gasteiger partial charge in [-0.15, -0.1) is 0 Å². The molecule has 0 aliphatic heterocycles. The van der Waals surface area contributed by atoms with Crippen molar-refractivity contribution in [3.05, 3.63) is 28.8 Å². The Balaban J connectivity index is 2.70. The van der Waals surface area contributed by atoms with E-state index in [9.17, 15) is 18.0 Å². The summed E-state index contributed by atoms with van der Waals surface area (Å²) in [7, 11) is -3.19. The molecular weight excluding hydrogens is 320 g/mol. The maximum absolute atomic E-state index is 11.8. The van der Waals surface area contributed by atoms with Crippen LogP contribution in [0.25, 0.3) is 0 Å². The Kier molecular flexibility index (Phi) is 5.70. The minimum atomic E-state index is -3.19. The molecule has 0 fully saturated rings. The highest BCUT2D eigenvalue weighted by atomic mass is 35.5. The zero-order chi connectivity index (χ0) is 16.2. The van der Waals surface area contributed by atoms with Gasteiger partial charge in [0.1, 0.15) is 9.84 Å². The first kappa shape index (κ1) is 17.4. The van der Waals surface area contributed by atoms with Crippen molar-refractivity contribution >= 4 is 39.0 Å². The Morgan fingerprint density at radius 3 is 2.52 bits per heavy atom. The second-order valence-electron chi connectivity index (χ2n) is 4.51. The number of rotatable bonds is 6. The molecule has 116 valence electrons. The number of nitrogens with one attached hydrogen (secondary N) is 1. The van der Waals surface area contributed by atoms with Gasteiger partial charge < -0.3 is 16.2 Å². The van der Waals surface area contributed by atoms with Crippen molar-refractivity contribution in [3.63, 3.8) is 0 Å². The van der Waals surface area contributed by atoms with Gasteiger partial charge >= 0.3 is 5.97 Å². The Morgan fingerprint density at radius 2 is 2.05 bits per heavy atom. The van der Waals surface area contributed by atoms with Crippen LogP contribution in [0.15, 0.2) is 18.2 Å². The van der Waals surface area contributed by atoms with E-state index in [-0.39, 0.29) is 28.4 Å². The molecule has 4 N–H and O–H groups in total. The van der Waals surface area contributed by atoms with E-state index in [4.69, 9.17) is 22.4 Å². The molecule has 0 aliphatic carbocycles. The molecule has 0 bridgehead atoms. The summed E-state index contributed by atoms with van der Waals surface area (Å²) in [6, 6.07) is 2.92. The van der Waals surface area contributed by atoms with Crippen molar-refractivity contribution in [3.8, 4) is 0 Å². The van der Waals surface area contributed by atoms with Gasteiger partial charge in [-0.05, 0) is 24.6 Å². The number of halogens is 1. The molecule has 1 unspecified atom stereocenters. The highest BCUT2D eigenvalue weighted by Gasteiger charge is 2.17. The van der Waals surface area contributed by atoms with Crippen LogP contribution in [0.5, 0.6) is 0 Å². The van der Waals surface area contributed by atoms with Crippen molar-refractivity contribution in [2.45, 2.75) is 12.5 Å². The summed E-state index contributed by atoms with van der Waals surface area (Å²) >= 11 is 5.77. The third-order valence-electron chi connectivity index (χ3n) is 2.60. The van der Waals surface area contributed by atoms with Gasteiger partial charge in [0.2, 0.25) is 5.91 Å². The van der Waals surface area contributed by atoms with Crippen LogP contribution in [-0.4, -0.2) is 43.5 Å². The van der Waals surface area contributed by atoms with Crippen LogP contribution in [0.1, 0.15) is 16.8 Å². The van der Waals surface area contributed by atoms with Gasteiger partial charge in [-0.3, -0.25) is 4.79 Å². The molecule has 0 saturated heterocycles. The van der Waals surface area contributed by atoms with Gasteiger partial charge in [-0.25, -0.2) is 13.2 Å². The standard InChI is InChI=1S/C12H15ClN2O5S/c1-21(19,20)5-4-10(14)11(16)15-7-2-3-8(12(17)18)9(13)6-7/h2-3,6,10H,4-5,14H2,1H3,(H,15,16)(H,17,18). The number of sulfone groups is 1. The average molecular weight is 335 g/mol. The molecular formula is C12H15ClN2O5S. The molecule has 1 aromatic carbocycles. The smallest absolute Gasteiger partial charge is 0.337 e. The molecule has 1 amide bonds. The number of carbonyl (C=O) groups excluding carboxylic acids is 1. The fraction of sp³-hybridized carbons (Fsp3) is 0.333. The molecule has 0 aliphatic rings. The number of benzene rings is 1. The molecule has 0 heterocycles. The first-order valence-electron chi connectivity index (χ1n) is 5.87. The zero-order valence-electron chi connectivity index (χ0n) is 11.2. The number of carboxylic acids is 1. The third kappa shape index (κ3) is 5.70. The van der Waals surface area contributed by atoms with Crippen LogP contribution in [0.4, 0.5) is 5.69 Å². The number of aromatic carboxylic acids is 1. The summed E-state index contributed by atoms with van der Waals surface area (Å²) in [6.45, 7) is 0. The van der Waals surface area contributed by atoms with Gasteiger partial charge in [0.25, 0.3) is 0 Å². The first-order valence-corrected chi connectivity index (χ1v) is 8.31. The number of hydrogen-bond donors (Lipinski definition) is 3. The van der Waals surface area contributed by atoms with Crippen molar-refractivity contribution in [2.75, 3.05) is 17.3 Å². The van der Waals surface area contributed by atoms with Crippen LogP contribution in [-0.2, 0) is 14.6 Å². The van der Waals surface area contributed by atoms with Gasteiger partial charge in [-0.2, -0.15) is 0 Å². The number of carboxylic acid groups (broad SMARTS) is 1. The molecule has 21 heavy (non-hydrogen) atoms. The van der Waals surface area contributed by atoms with Crippen LogP contribution >= 0.6 is 11.6 Å². The molecule has 1 atom stereocenters. The average Bonchev–Trinajstić information content (AvgIpc) is 2.34. The van der Waals surface area contributed by atoms with Crippen LogP contribution in [0.3, 0.4) is 0 Å². The van der Waals surface area contributed by atoms with Gasteiger partial charge in [0.05, 0.1) is 22.4 Å². The van der Waals surface area contributed by atoms with Crippen LogP contribution < -0.4 is 11.1 Å². The van der Waals surface area contributed by atoms with Crippen LogP contribution in [0.2, 0.25) is 5.02 Å². The summed E-state index contributed by atoms with van der Waals surface area (Å²) in [5.41, 5.74) is 5.78. The van der Waals surface area contributed by atoms with Crippen LogP contribution in [0, 0.1) is 0 Å². The third-order valence-corrected chi connectivity index (χ3v) is 3.89. The summed E-state index contributed by atoms with van der Waals surface area (Å²) in [6.07, 6.45) is 1.05. The molecule has 0 aromatic heterocycles. The maximum atomic E-state index is 11.8. The number of carbonyl (C=O) groups is 2. The number of anilines is 1. The largest absolute Gasteiger partial charge is 0.478 e. The van der Waals surface area contributed by atoms with Crippen molar-refractivity contribution in [1.82, 2.24) is 0 Å². The second-order valence-corrected chi connectivity index (χ2v) is 7.18. The Morgan fingerprint density at radius 1 is 1.43 bits per heavy atom. The summed E-state index contributed by atoms with van der Waals surface area (Å²) in [5.74, 6) is -1.94. The lowest BCUT2D eigenvalue weighted by Crippen LogP contribution is -2.37. The predicted molar refractivity (Wildman–Crippen MR) is 79.3 cm³/mol. The predicted octanol–water partition coefficient (Wildman–Crippen LogP) is 0.739. The highest BCUT2D eigenvalue weighted by Crippen LogP contribution is 2.21. The minimum Gasteiger partial charge on any atom is -0.478 e. The fourth-order valence-corrected chi connectivity index (χ4v) is 2.42. The highest BCUT2D eigenvalue weighted by molar-refractivity contribution is 7.90. The van der Waals surface area contributed by atoms with Gasteiger partial charge in [0.15, 0.2) is 0 Å². The topological polar surface area (TPSA) is 127 Å². The van der Waals surface area contributed by atoms with E-state index >= 15 is 0 Å².